The SMILES string of the molecule is CN1CCN(C2(C(=O)Nc3cc(C(=O)Nc4nnc(-c5cncnc5)s4)ccc3OC(F)(F)F)CC2)CC1. The Balaban J connectivity index is 1.34. The predicted molar refractivity (Wildman–Crippen MR) is 132 cm³/mol. The van der Waals surface area contributed by atoms with Gasteiger partial charge in [-0.15, -0.1) is 23.4 Å². The van der Waals surface area contributed by atoms with E-state index in [-0.39, 0.29) is 16.4 Å². The number of ether oxygens (including phenoxy) is 1. The highest BCUT2D eigenvalue weighted by Gasteiger charge is 2.55. The topological polar surface area (TPSA) is 125 Å². The van der Waals surface area contributed by atoms with E-state index in [0.717, 1.165) is 36.6 Å². The van der Waals surface area contributed by atoms with Gasteiger partial charge in [0.05, 0.1) is 5.69 Å². The zero-order valence-corrected chi connectivity index (χ0v) is 21.0. The molecule has 38 heavy (non-hydrogen) atoms. The van der Waals surface area contributed by atoms with Crippen molar-refractivity contribution in [2.75, 3.05) is 43.9 Å². The molecule has 2 aromatic heterocycles. The minimum absolute atomic E-state index is 0.000867. The van der Waals surface area contributed by atoms with Crippen LogP contribution in [0.4, 0.5) is 24.0 Å². The second-order valence-corrected chi connectivity index (χ2v) is 10.0. The zero-order chi connectivity index (χ0) is 26.9. The third-order valence-electron chi connectivity index (χ3n) is 6.42. The van der Waals surface area contributed by atoms with Gasteiger partial charge in [0.1, 0.15) is 11.9 Å². The average Bonchev–Trinajstić information content (AvgIpc) is 3.57. The van der Waals surface area contributed by atoms with E-state index in [2.05, 4.69) is 45.3 Å². The highest BCUT2D eigenvalue weighted by Crippen LogP contribution is 2.44. The van der Waals surface area contributed by atoms with Gasteiger partial charge in [0.2, 0.25) is 11.0 Å². The molecule has 1 aliphatic carbocycles. The molecule has 2 aliphatic rings. The van der Waals surface area contributed by atoms with Crippen LogP contribution in [0.2, 0.25) is 0 Å². The van der Waals surface area contributed by atoms with E-state index < -0.39 is 29.5 Å². The Bertz CT molecular complexity index is 1320. The van der Waals surface area contributed by atoms with Crippen LogP contribution in [0.25, 0.3) is 10.6 Å². The van der Waals surface area contributed by atoms with Crippen LogP contribution in [0.5, 0.6) is 5.75 Å². The maximum atomic E-state index is 13.3. The van der Waals surface area contributed by atoms with Crippen LogP contribution in [-0.4, -0.2) is 86.9 Å². The van der Waals surface area contributed by atoms with Crippen LogP contribution in [0.3, 0.4) is 0 Å². The van der Waals surface area contributed by atoms with Crippen LogP contribution in [0, 0.1) is 0 Å². The fourth-order valence-electron chi connectivity index (χ4n) is 4.23. The van der Waals surface area contributed by atoms with Crippen LogP contribution in [-0.2, 0) is 4.79 Å². The molecule has 1 saturated carbocycles. The van der Waals surface area contributed by atoms with Gasteiger partial charge in [-0.25, -0.2) is 9.97 Å². The molecule has 11 nitrogen and oxygen atoms in total. The second kappa shape index (κ2) is 10.2. The minimum Gasteiger partial charge on any atom is -0.404 e. The molecular weight excluding hydrogens is 525 g/mol. The maximum Gasteiger partial charge on any atom is 0.573 e. The normalized spacial score (nSPS) is 17.6. The zero-order valence-electron chi connectivity index (χ0n) is 20.2. The number of rotatable bonds is 7. The van der Waals surface area contributed by atoms with Gasteiger partial charge < -0.3 is 15.0 Å². The highest BCUT2D eigenvalue weighted by molar-refractivity contribution is 7.18. The molecule has 1 aromatic carbocycles. The summed E-state index contributed by atoms with van der Waals surface area (Å²) in [6, 6.07) is 3.33. The molecule has 200 valence electrons. The quantitative estimate of drug-likeness (QED) is 0.459. The van der Waals surface area contributed by atoms with E-state index in [1.165, 1.54) is 12.4 Å². The molecular formula is C23H23F3N8O3S. The molecule has 2 amide bonds. The lowest BCUT2D eigenvalue weighted by atomic mass is 10.1. The molecule has 1 aliphatic heterocycles. The summed E-state index contributed by atoms with van der Waals surface area (Å²) in [5, 5.41) is 13.7. The third kappa shape index (κ3) is 5.74. The van der Waals surface area contributed by atoms with Crippen molar-refractivity contribution < 1.29 is 27.5 Å². The number of hydrogen-bond acceptors (Lipinski definition) is 10. The smallest absolute Gasteiger partial charge is 0.404 e. The molecule has 0 radical (unpaired) electrons. The number of alkyl halides is 3. The number of halogens is 3. The molecule has 2 N–H and O–H groups in total. The van der Waals surface area contributed by atoms with E-state index in [0.29, 0.717) is 36.5 Å². The van der Waals surface area contributed by atoms with Gasteiger partial charge in [-0.05, 0) is 38.1 Å². The summed E-state index contributed by atoms with van der Waals surface area (Å²) >= 11 is 1.08. The lowest BCUT2D eigenvalue weighted by Gasteiger charge is -2.37. The lowest BCUT2D eigenvalue weighted by Crippen LogP contribution is -2.54. The van der Waals surface area contributed by atoms with Crippen molar-refractivity contribution in [3.05, 3.63) is 42.5 Å². The Kier molecular flexibility index (Phi) is 6.98. The number of hydrogen-bond donors (Lipinski definition) is 2. The number of nitrogens with one attached hydrogen (secondary N) is 2. The van der Waals surface area contributed by atoms with E-state index in [1.54, 1.807) is 12.4 Å². The molecule has 2 fully saturated rings. The number of piperazine rings is 1. The number of carbonyl (C=O) groups excluding carboxylic acids is 2. The first-order valence-corrected chi connectivity index (χ1v) is 12.5. The van der Waals surface area contributed by atoms with Gasteiger partial charge in [-0.2, -0.15) is 0 Å². The standard InChI is InChI=1S/C23H23F3N8O3S/c1-33-6-8-34(9-7-33)22(4-5-22)20(36)29-16-10-14(2-3-17(16)37-23(24,25)26)18(35)30-21-32-31-19(38-21)15-11-27-13-28-12-15/h2-3,10-13H,4-9H2,1H3,(H,29,36)(H,30,32,35). The lowest BCUT2D eigenvalue weighted by molar-refractivity contribution is -0.274. The Hall–Kier alpha value is -3.69. The van der Waals surface area contributed by atoms with Gasteiger partial charge in [-0.3, -0.25) is 19.8 Å². The molecule has 5 rings (SSSR count). The van der Waals surface area contributed by atoms with Gasteiger partial charge in [0.15, 0.2) is 10.8 Å². The van der Waals surface area contributed by atoms with Crippen molar-refractivity contribution in [2.45, 2.75) is 24.7 Å². The Morgan fingerprint density at radius 2 is 1.76 bits per heavy atom. The largest absolute Gasteiger partial charge is 0.573 e. The van der Waals surface area contributed by atoms with E-state index in [4.69, 9.17) is 0 Å². The maximum absolute atomic E-state index is 13.3. The third-order valence-corrected chi connectivity index (χ3v) is 7.31. The molecule has 15 heteroatoms. The summed E-state index contributed by atoms with van der Waals surface area (Å²) in [4.78, 5) is 38.2. The summed E-state index contributed by atoms with van der Waals surface area (Å²) in [6.45, 7) is 2.93. The first kappa shape index (κ1) is 25.9. The number of amides is 2. The Morgan fingerprint density at radius 3 is 2.42 bits per heavy atom. The van der Waals surface area contributed by atoms with Crippen molar-refractivity contribution in [1.29, 1.82) is 0 Å². The van der Waals surface area contributed by atoms with Crippen LogP contribution >= 0.6 is 11.3 Å². The van der Waals surface area contributed by atoms with Crippen molar-refractivity contribution in [3.8, 4) is 16.3 Å². The monoisotopic (exact) mass is 548 g/mol. The molecule has 3 heterocycles. The minimum atomic E-state index is -4.98. The van der Waals surface area contributed by atoms with Gasteiger partial charge in [0, 0.05) is 49.7 Å². The van der Waals surface area contributed by atoms with Crippen LogP contribution in [0.1, 0.15) is 23.2 Å². The molecule has 0 spiro atoms. The molecule has 0 bridgehead atoms. The molecule has 1 saturated heterocycles. The van der Waals surface area contributed by atoms with Crippen LogP contribution in [0.15, 0.2) is 36.9 Å². The first-order chi connectivity index (χ1) is 18.1. The van der Waals surface area contributed by atoms with Gasteiger partial charge in [-0.1, -0.05) is 11.3 Å². The van der Waals surface area contributed by atoms with E-state index in [9.17, 15) is 22.8 Å². The van der Waals surface area contributed by atoms with Gasteiger partial charge >= 0.3 is 6.36 Å². The summed E-state index contributed by atoms with van der Waals surface area (Å²) in [6.07, 6.45) is 0.673. The molecule has 0 unspecified atom stereocenters. The summed E-state index contributed by atoms with van der Waals surface area (Å²) < 4.78 is 43.3. The number of aromatic nitrogens is 4. The number of nitrogens with zero attached hydrogens (tertiary/aromatic N) is 6. The first-order valence-electron chi connectivity index (χ1n) is 11.7. The molecule has 0 atom stereocenters. The predicted octanol–water partition coefficient (Wildman–Crippen LogP) is 2.86. The average molecular weight is 549 g/mol. The number of likely N-dealkylation sites (N-methyl/N-ethyl adjacent to an activating group) is 1. The van der Waals surface area contributed by atoms with Crippen molar-refractivity contribution >= 4 is 34.0 Å². The summed E-state index contributed by atoms with van der Waals surface area (Å²) in [7, 11) is 1.99. The Labute approximate surface area is 219 Å². The Morgan fingerprint density at radius 1 is 1.05 bits per heavy atom. The summed E-state index contributed by atoms with van der Waals surface area (Å²) in [5.74, 6) is -1.68. The van der Waals surface area contributed by atoms with Crippen LogP contribution < -0.4 is 15.4 Å². The second-order valence-electron chi connectivity index (χ2n) is 9.03. The fraction of sp³-hybridized carbons (Fsp3) is 0.391. The van der Waals surface area contributed by atoms with Gasteiger partial charge in [0.25, 0.3) is 5.91 Å². The van der Waals surface area contributed by atoms with Crippen molar-refractivity contribution in [3.63, 3.8) is 0 Å². The fourth-order valence-corrected chi connectivity index (χ4v) is 4.94. The number of benzene rings is 1. The van der Waals surface area contributed by atoms with Crippen molar-refractivity contribution in [2.24, 2.45) is 0 Å². The highest BCUT2D eigenvalue weighted by atomic mass is 32.1. The number of carbonyl (C=O) groups is 2. The number of anilines is 2. The summed E-state index contributed by atoms with van der Waals surface area (Å²) in [5.41, 5.74) is -0.420. The van der Waals surface area contributed by atoms with E-state index >= 15 is 0 Å². The van der Waals surface area contributed by atoms with Crippen molar-refractivity contribution in [1.82, 2.24) is 30.0 Å². The van der Waals surface area contributed by atoms with E-state index in [1.807, 2.05) is 7.05 Å². The molecule has 3 aromatic rings.